The number of hydrogen-bond acceptors (Lipinski definition) is 5. The van der Waals surface area contributed by atoms with Gasteiger partial charge in [-0.25, -0.2) is 9.78 Å². The molecule has 1 amide bonds. The molecule has 114 valence electrons. The number of carbonyl (C=O) groups excluding carboxylic acids is 1. The monoisotopic (exact) mass is 355 g/mol. The lowest BCUT2D eigenvalue weighted by Crippen LogP contribution is -2.41. The van der Waals surface area contributed by atoms with Crippen LogP contribution in [0.15, 0.2) is 16.7 Å². The fourth-order valence-electron chi connectivity index (χ4n) is 2.08. The first-order valence-electron chi connectivity index (χ1n) is 6.42. The molecule has 21 heavy (non-hydrogen) atoms. The summed E-state index contributed by atoms with van der Waals surface area (Å²) in [6.07, 6.45) is 1.25. The van der Waals surface area contributed by atoms with Crippen LogP contribution in [0.3, 0.4) is 0 Å². The van der Waals surface area contributed by atoms with Gasteiger partial charge in [0.05, 0.1) is 0 Å². The third-order valence-electron chi connectivity index (χ3n) is 2.64. The van der Waals surface area contributed by atoms with Gasteiger partial charge in [-0.2, -0.15) is 5.26 Å². The van der Waals surface area contributed by atoms with E-state index >= 15 is 0 Å². The highest BCUT2D eigenvalue weighted by Gasteiger charge is 2.31. The highest BCUT2D eigenvalue weighted by atomic mass is 79.9. The third kappa shape index (κ3) is 5.60. The molecule has 1 unspecified atom stereocenters. The smallest absolute Gasteiger partial charge is 0.405 e. The van der Waals surface area contributed by atoms with Crippen molar-refractivity contribution in [2.45, 2.75) is 32.8 Å². The lowest BCUT2D eigenvalue weighted by molar-refractivity contribution is -0.0197. The van der Waals surface area contributed by atoms with Crippen LogP contribution in [0.25, 0.3) is 0 Å². The summed E-state index contributed by atoms with van der Waals surface area (Å²) in [6, 6.07) is 3.61. The second-order valence-electron chi connectivity index (χ2n) is 5.38. The molecule has 0 spiro atoms. The highest BCUT2D eigenvalue weighted by Crippen LogP contribution is 2.24. The summed E-state index contributed by atoms with van der Waals surface area (Å²) in [5, 5.41) is 9.07. The number of carbonyl (C=O) groups is 1. The fraction of sp³-hybridized carbons (Fsp3) is 0.500. The van der Waals surface area contributed by atoms with Gasteiger partial charge in [-0.05, 0) is 41.3 Å². The Kier molecular flexibility index (Phi) is 5.97. The Morgan fingerprint density at radius 3 is 2.81 bits per heavy atom. The molecule has 0 bridgehead atoms. The summed E-state index contributed by atoms with van der Waals surface area (Å²) in [7, 11) is 0. The van der Waals surface area contributed by atoms with E-state index in [9.17, 15) is 4.79 Å². The predicted octanol–water partition coefficient (Wildman–Crippen LogP) is 2.99. The Morgan fingerprint density at radius 2 is 2.29 bits per heavy atom. The van der Waals surface area contributed by atoms with Gasteiger partial charge in [0, 0.05) is 10.7 Å². The number of nitriles is 1. The van der Waals surface area contributed by atoms with Crippen LogP contribution >= 0.6 is 15.9 Å². The second-order valence-corrected chi connectivity index (χ2v) is 6.29. The summed E-state index contributed by atoms with van der Waals surface area (Å²) >= 11 is 3.24. The van der Waals surface area contributed by atoms with Crippen LogP contribution in [0.4, 0.5) is 4.79 Å². The topological polar surface area (TPSA) is 98.2 Å². The van der Waals surface area contributed by atoms with Gasteiger partial charge in [0.2, 0.25) is 5.88 Å². The first-order chi connectivity index (χ1) is 9.75. The normalized spacial score (nSPS) is 13.3. The maximum Gasteiger partial charge on any atom is 0.405 e. The van der Waals surface area contributed by atoms with Gasteiger partial charge in [-0.15, -0.1) is 0 Å². The van der Waals surface area contributed by atoms with Crippen LogP contribution in [0.5, 0.6) is 5.88 Å². The van der Waals surface area contributed by atoms with E-state index in [2.05, 4.69) is 20.9 Å². The lowest BCUT2D eigenvalue weighted by atomic mass is 9.95. The standard InChI is InChI=1S/C14H18BrN3O3/c1-9(2)5-14(3,21-13(17)19)8-20-12-10(6-16)4-11(15)7-18-12/h4,7,9H,5,8H2,1-3H3,(H2,17,19). The number of nitrogens with two attached hydrogens (primary N) is 1. The maximum atomic E-state index is 11.0. The molecule has 0 saturated carbocycles. The minimum absolute atomic E-state index is 0.0669. The lowest BCUT2D eigenvalue weighted by Gasteiger charge is -2.30. The van der Waals surface area contributed by atoms with Crippen molar-refractivity contribution >= 4 is 22.0 Å². The van der Waals surface area contributed by atoms with Gasteiger partial charge in [0.15, 0.2) is 0 Å². The molecule has 0 fully saturated rings. The third-order valence-corrected chi connectivity index (χ3v) is 3.07. The van der Waals surface area contributed by atoms with Crippen molar-refractivity contribution in [3.63, 3.8) is 0 Å². The van der Waals surface area contributed by atoms with E-state index in [-0.39, 0.29) is 18.4 Å². The van der Waals surface area contributed by atoms with Crippen LogP contribution in [-0.2, 0) is 4.74 Å². The van der Waals surface area contributed by atoms with Crippen molar-refractivity contribution in [3.05, 3.63) is 22.3 Å². The van der Waals surface area contributed by atoms with Gasteiger partial charge in [-0.1, -0.05) is 13.8 Å². The van der Waals surface area contributed by atoms with E-state index in [1.807, 2.05) is 19.9 Å². The number of hydrogen-bond donors (Lipinski definition) is 1. The minimum Gasteiger partial charge on any atom is -0.472 e. The SMILES string of the molecule is CC(C)CC(C)(COc1ncc(Br)cc1C#N)OC(N)=O. The predicted molar refractivity (Wildman–Crippen MR) is 80.7 cm³/mol. The minimum atomic E-state index is -0.874. The molecule has 1 heterocycles. The Hall–Kier alpha value is -1.81. The van der Waals surface area contributed by atoms with Crippen molar-refractivity contribution in [2.75, 3.05) is 6.61 Å². The Labute approximate surface area is 132 Å². The van der Waals surface area contributed by atoms with Gasteiger partial charge in [-0.3, -0.25) is 0 Å². The second kappa shape index (κ2) is 7.27. The number of nitrogens with zero attached hydrogens (tertiary/aromatic N) is 2. The van der Waals surface area contributed by atoms with Crippen LogP contribution in [0, 0.1) is 17.2 Å². The van der Waals surface area contributed by atoms with E-state index in [0.717, 1.165) is 0 Å². The molecule has 2 N–H and O–H groups in total. The number of halogens is 1. The average molecular weight is 356 g/mol. The molecule has 0 aliphatic carbocycles. The molecular weight excluding hydrogens is 338 g/mol. The zero-order valence-corrected chi connectivity index (χ0v) is 13.8. The molecule has 1 atom stereocenters. The maximum absolute atomic E-state index is 11.0. The van der Waals surface area contributed by atoms with Crippen LogP contribution in [0.2, 0.25) is 0 Å². The Balaban J connectivity index is 2.86. The van der Waals surface area contributed by atoms with Gasteiger partial charge >= 0.3 is 6.09 Å². The quantitative estimate of drug-likeness (QED) is 0.845. The number of primary amides is 1. The van der Waals surface area contributed by atoms with E-state index in [1.54, 1.807) is 13.0 Å². The molecular formula is C14H18BrN3O3. The highest BCUT2D eigenvalue weighted by molar-refractivity contribution is 9.10. The molecule has 1 rings (SSSR count). The van der Waals surface area contributed by atoms with E-state index in [1.165, 1.54) is 6.20 Å². The van der Waals surface area contributed by atoms with Crippen LogP contribution in [0.1, 0.15) is 32.8 Å². The van der Waals surface area contributed by atoms with Gasteiger partial charge in [0.1, 0.15) is 23.8 Å². The summed E-state index contributed by atoms with van der Waals surface area (Å²) < 4.78 is 11.4. The summed E-state index contributed by atoms with van der Waals surface area (Å²) in [4.78, 5) is 15.1. The van der Waals surface area contributed by atoms with Crippen molar-refractivity contribution in [1.29, 1.82) is 5.26 Å². The first-order valence-corrected chi connectivity index (χ1v) is 7.22. The number of ether oxygens (including phenoxy) is 2. The van der Waals surface area contributed by atoms with E-state index in [0.29, 0.717) is 16.5 Å². The van der Waals surface area contributed by atoms with Gasteiger partial charge < -0.3 is 15.2 Å². The molecule has 0 radical (unpaired) electrons. The zero-order valence-electron chi connectivity index (χ0n) is 12.2. The number of amides is 1. The van der Waals surface area contributed by atoms with E-state index < -0.39 is 11.7 Å². The number of rotatable bonds is 6. The van der Waals surface area contributed by atoms with Crippen LogP contribution in [-0.4, -0.2) is 23.3 Å². The molecule has 0 aromatic carbocycles. The molecule has 6 nitrogen and oxygen atoms in total. The fourth-order valence-corrected chi connectivity index (χ4v) is 2.41. The summed E-state index contributed by atoms with van der Waals surface area (Å²) in [5.74, 6) is 0.481. The van der Waals surface area contributed by atoms with Crippen molar-refractivity contribution in [3.8, 4) is 11.9 Å². The average Bonchev–Trinajstić information content (AvgIpc) is 2.35. The molecule has 0 saturated heterocycles. The Bertz CT molecular complexity index is 557. The summed E-state index contributed by atoms with van der Waals surface area (Å²) in [5.41, 5.74) is 4.54. The molecule has 0 aliphatic rings. The largest absolute Gasteiger partial charge is 0.472 e. The summed E-state index contributed by atoms with van der Waals surface area (Å²) in [6.45, 7) is 5.81. The van der Waals surface area contributed by atoms with Crippen molar-refractivity contribution < 1.29 is 14.3 Å². The Morgan fingerprint density at radius 1 is 1.62 bits per heavy atom. The molecule has 0 aliphatic heterocycles. The van der Waals surface area contributed by atoms with Crippen molar-refractivity contribution in [1.82, 2.24) is 4.98 Å². The first kappa shape index (κ1) is 17.2. The molecule has 7 heteroatoms. The molecule has 1 aromatic rings. The number of pyridine rings is 1. The van der Waals surface area contributed by atoms with Gasteiger partial charge in [0.25, 0.3) is 0 Å². The van der Waals surface area contributed by atoms with E-state index in [4.69, 9.17) is 20.5 Å². The van der Waals surface area contributed by atoms with Crippen LogP contribution < -0.4 is 10.5 Å². The zero-order chi connectivity index (χ0) is 16.0. The molecule has 1 aromatic heterocycles. The number of aromatic nitrogens is 1. The van der Waals surface area contributed by atoms with Crippen molar-refractivity contribution in [2.24, 2.45) is 11.7 Å².